The van der Waals surface area contributed by atoms with E-state index in [9.17, 15) is 0 Å². The van der Waals surface area contributed by atoms with Crippen molar-refractivity contribution in [3.63, 3.8) is 0 Å². The number of anilines is 2. The van der Waals surface area contributed by atoms with E-state index in [1.54, 1.807) is 0 Å². The molecule has 14 heavy (non-hydrogen) atoms. The van der Waals surface area contributed by atoms with Crippen LogP contribution in [0.2, 0.25) is 0 Å². The van der Waals surface area contributed by atoms with Crippen LogP contribution in [0.4, 0.5) is 11.4 Å². The molecule has 0 saturated carbocycles. The highest BCUT2D eigenvalue weighted by Crippen LogP contribution is 2.26. The minimum absolute atomic E-state index is 0.771. The molecule has 1 aromatic carbocycles. The SMILES string of the molecule is C/C=C/CCNc1cccc(Br)c1N. The lowest BCUT2D eigenvalue weighted by molar-refractivity contribution is 1.06. The third-order valence-electron chi connectivity index (χ3n) is 1.92. The monoisotopic (exact) mass is 254 g/mol. The molecule has 76 valence electrons. The Bertz CT molecular complexity index is 321. The van der Waals surface area contributed by atoms with E-state index in [4.69, 9.17) is 5.73 Å². The minimum Gasteiger partial charge on any atom is -0.396 e. The second kappa shape index (κ2) is 5.70. The first kappa shape index (κ1) is 11.1. The Morgan fingerprint density at radius 3 is 3.00 bits per heavy atom. The minimum atomic E-state index is 0.771. The summed E-state index contributed by atoms with van der Waals surface area (Å²) >= 11 is 3.39. The second-order valence-electron chi connectivity index (χ2n) is 2.99. The van der Waals surface area contributed by atoms with E-state index in [1.807, 2.05) is 31.2 Å². The molecule has 0 heterocycles. The molecule has 0 unspecified atom stereocenters. The van der Waals surface area contributed by atoms with Gasteiger partial charge in [-0.05, 0) is 41.4 Å². The third-order valence-corrected chi connectivity index (χ3v) is 2.61. The van der Waals surface area contributed by atoms with E-state index in [1.165, 1.54) is 0 Å². The molecule has 0 spiro atoms. The van der Waals surface area contributed by atoms with E-state index >= 15 is 0 Å². The highest BCUT2D eigenvalue weighted by atomic mass is 79.9. The first-order valence-electron chi connectivity index (χ1n) is 4.64. The lowest BCUT2D eigenvalue weighted by Crippen LogP contribution is -2.03. The van der Waals surface area contributed by atoms with Gasteiger partial charge in [0.15, 0.2) is 0 Å². The summed E-state index contributed by atoms with van der Waals surface area (Å²) in [6.45, 7) is 2.93. The normalized spacial score (nSPS) is 10.7. The number of halogens is 1. The molecule has 0 bridgehead atoms. The van der Waals surface area contributed by atoms with Crippen molar-refractivity contribution >= 4 is 27.3 Å². The van der Waals surface area contributed by atoms with Crippen molar-refractivity contribution in [3.8, 4) is 0 Å². The van der Waals surface area contributed by atoms with Crippen LogP contribution in [0.3, 0.4) is 0 Å². The third kappa shape index (κ3) is 3.07. The smallest absolute Gasteiger partial charge is 0.0694 e. The summed E-state index contributed by atoms with van der Waals surface area (Å²) in [5.74, 6) is 0. The van der Waals surface area contributed by atoms with Gasteiger partial charge in [-0.3, -0.25) is 0 Å². The van der Waals surface area contributed by atoms with Gasteiger partial charge in [-0.25, -0.2) is 0 Å². The quantitative estimate of drug-likeness (QED) is 0.491. The Labute approximate surface area is 93.3 Å². The maximum absolute atomic E-state index is 5.87. The van der Waals surface area contributed by atoms with Crippen molar-refractivity contribution in [3.05, 3.63) is 34.8 Å². The van der Waals surface area contributed by atoms with Crippen LogP contribution < -0.4 is 11.1 Å². The van der Waals surface area contributed by atoms with Crippen molar-refractivity contribution < 1.29 is 0 Å². The molecule has 0 aliphatic rings. The molecule has 0 amide bonds. The molecule has 1 rings (SSSR count). The van der Waals surface area contributed by atoms with Gasteiger partial charge in [0.05, 0.1) is 11.4 Å². The fourth-order valence-corrected chi connectivity index (χ4v) is 1.51. The molecule has 0 aliphatic heterocycles. The maximum atomic E-state index is 5.87. The number of allylic oxidation sites excluding steroid dienone is 1. The molecule has 3 heteroatoms. The first-order chi connectivity index (χ1) is 6.75. The zero-order valence-electron chi connectivity index (χ0n) is 8.26. The highest BCUT2D eigenvalue weighted by Gasteiger charge is 2.00. The standard InChI is InChI=1S/C11H15BrN2/c1-2-3-4-8-14-10-7-5-6-9(12)11(10)13/h2-3,5-7,14H,4,8,13H2,1H3/b3-2+. The summed E-state index contributed by atoms with van der Waals surface area (Å²) in [6.07, 6.45) is 5.19. The van der Waals surface area contributed by atoms with E-state index in [0.29, 0.717) is 0 Å². The van der Waals surface area contributed by atoms with Crippen molar-refractivity contribution in [1.29, 1.82) is 0 Å². The van der Waals surface area contributed by atoms with E-state index in [2.05, 4.69) is 27.3 Å². The van der Waals surface area contributed by atoms with Gasteiger partial charge in [-0.2, -0.15) is 0 Å². The number of nitrogen functional groups attached to an aromatic ring is 1. The number of nitrogens with two attached hydrogens (primary N) is 1. The van der Waals surface area contributed by atoms with Gasteiger partial charge in [0.1, 0.15) is 0 Å². The molecule has 1 aromatic rings. The number of benzene rings is 1. The Kier molecular flexibility index (Phi) is 4.53. The summed E-state index contributed by atoms with van der Waals surface area (Å²) in [5, 5.41) is 3.28. The summed E-state index contributed by atoms with van der Waals surface area (Å²) in [4.78, 5) is 0. The lowest BCUT2D eigenvalue weighted by atomic mass is 10.2. The molecular weight excluding hydrogens is 240 g/mol. The topological polar surface area (TPSA) is 38.0 Å². The van der Waals surface area contributed by atoms with Crippen LogP contribution in [0, 0.1) is 0 Å². The van der Waals surface area contributed by atoms with Gasteiger partial charge < -0.3 is 11.1 Å². The second-order valence-corrected chi connectivity index (χ2v) is 3.84. The molecule has 0 fully saturated rings. The van der Waals surface area contributed by atoms with E-state index < -0.39 is 0 Å². The van der Waals surface area contributed by atoms with Crippen LogP contribution in [0.15, 0.2) is 34.8 Å². The average Bonchev–Trinajstić information content (AvgIpc) is 2.19. The van der Waals surface area contributed by atoms with Crippen LogP contribution in [-0.2, 0) is 0 Å². The molecule has 0 aromatic heterocycles. The van der Waals surface area contributed by atoms with Gasteiger partial charge in [0.25, 0.3) is 0 Å². The Morgan fingerprint density at radius 2 is 2.29 bits per heavy atom. The van der Waals surface area contributed by atoms with Crippen LogP contribution >= 0.6 is 15.9 Å². The van der Waals surface area contributed by atoms with E-state index in [0.717, 1.165) is 28.8 Å². The van der Waals surface area contributed by atoms with Crippen LogP contribution in [0.25, 0.3) is 0 Å². The van der Waals surface area contributed by atoms with Crippen molar-refractivity contribution in [2.45, 2.75) is 13.3 Å². The average molecular weight is 255 g/mol. The molecule has 3 N–H and O–H groups in total. The molecule has 0 saturated heterocycles. The number of nitrogens with one attached hydrogen (secondary N) is 1. The van der Waals surface area contributed by atoms with Gasteiger partial charge in [-0.15, -0.1) is 0 Å². The van der Waals surface area contributed by atoms with Gasteiger partial charge >= 0.3 is 0 Å². The predicted octanol–water partition coefficient (Wildman–Crippen LogP) is 3.41. The number of rotatable bonds is 4. The summed E-state index contributed by atoms with van der Waals surface area (Å²) in [7, 11) is 0. The lowest BCUT2D eigenvalue weighted by Gasteiger charge is -2.08. The number of para-hydroxylation sites is 1. The van der Waals surface area contributed by atoms with Crippen LogP contribution in [-0.4, -0.2) is 6.54 Å². The molecule has 0 atom stereocenters. The van der Waals surface area contributed by atoms with Crippen molar-refractivity contribution in [1.82, 2.24) is 0 Å². The fourth-order valence-electron chi connectivity index (χ4n) is 1.15. The van der Waals surface area contributed by atoms with Crippen LogP contribution in [0.5, 0.6) is 0 Å². The first-order valence-corrected chi connectivity index (χ1v) is 5.44. The zero-order chi connectivity index (χ0) is 10.4. The fraction of sp³-hybridized carbons (Fsp3) is 0.273. The molecule has 0 radical (unpaired) electrons. The summed E-state index contributed by atoms with van der Waals surface area (Å²) in [6, 6.07) is 5.89. The number of hydrogen-bond acceptors (Lipinski definition) is 2. The molecular formula is C11H15BrN2. The van der Waals surface area contributed by atoms with E-state index in [-0.39, 0.29) is 0 Å². The summed E-state index contributed by atoms with van der Waals surface area (Å²) < 4.78 is 0.938. The molecule has 0 aliphatic carbocycles. The predicted molar refractivity (Wildman–Crippen MR) is 66.5 cm³/mol. The molecule has 2 nitrogen and oxygen atoms in total. The largest absolute Gasteiger partial charge is 0.396 e. The zero-order valence-corrected chi connectivity index (χ0v) is 9.84. The highest BCUT2D eigenvalue weighted by molar-refractivity contribution is 9.10. The van der Waals surface area contributed by atoms with Crippen LogP contribution in [0.1, 0.15) is 13.3 Å². The maximum Gasteiger partial charge on any atom is 0.0694 e. The Hall–Kier alpha value is -0.960. The Morgan fingerprint density at radius 1 is 1.50 bits per heavy atom. The van der Waals surface area contributed by atoms with Gasteiger partial charge in [0.2, 0.25) is 0 Å². The van der Waals surface area contributed by atoms with Crippen molar-refractivity contribution in [2.75, 3.05) is 17.6 Å². The Balaban J connectivity index is 2.54. The van der Waals surface area contributed by atoms with Gasteiger partial charge in [0, 0.05) is 11.0 Å². The van der Waals surface area contributed by atoms with Gasteiger partial charge in [-0.1, -0.05) is 18.2 Å². The van der Waals surface area contributed by atoms with Crippen molar-refractivity contribution in [2.24, 2.45) is 0 Å². The summed E-state index contributed by atoms with van der Waals surface area (Å²) in [5.41, 5.74) is 7.63. The number of hydrogen-bond donors (Lipinski definition) is 2.